The summed E-state index contributed by atoms with van der Waals surface area (Å²) in [4.78, 5) is 7.11. The van der Waals surface area contributed by atoms with Crippen LogP contribution in [0.25, 0.3) is 0 Å². The van der Waals surface area contributed by atoms with Gasteiger partial charge in [0.15, 0.2) is 5.82 Å². The molecule has 2 aliphatic rings. The first-order valence-electron chi connectivity index (χ1n) is 10.3. The fourth-order valence-electron chi connectivity index (χ4n) is 3.69. The molecule has 2 heterocycles. The average Bonchev–Trinajstić information content (AvgIpc) is 3.44. The normalized spacial score (nSPS) is 20.7. The maximum Gasteiger partial charge on any atom is 0.243 e. The molecule has 0 radical (unpaired) electrons. The van der Waals surface area contributed by atoms with Crippen molar-refractivity contribution in [2.75, 3.05) is 26.2 Å². The summed E-state index contributed by atoms with van der Waals surface area (Å²) in [5, 5.41) is 4.09. The Bertz CT molecular complexity index is 951. The van der Waals surface area contributed by atoms with Crippen molar-refractivity contribution < 1.29 is 12.9 Å². The lowest BCUT2D eigenvalue weighted by Crippen LogP contribution is -2.49. The highest BCUT2D eigenvalue weighted by Gasteiger charge is 2.34. The number of piperazine rings is 1. The maximum absolute atomic E-state index is 13.0. The summed E-state index contributed by atoms with van der Waals surface area (Å²) < 4.78 is 33.1. The minimum Gasteiger partial charge on any atom is -0.338 e. The molecule has 158 valence electrons. The summed E-state index contributed by atoms with van der Waals surface area (Å²) in [7, 11) is -3.48. The highest BCUT2D eigenvalue weighted by atomic mass is 32.2. The quantitative estimate of drug-likeness (QED) is 0.741. The third-order valence-electron chi connectivity index (χ3n) is 5.94. The molecule has 1 unspecified atom stereocenters. The molecule has 0 N–H and O–H groups in total. The minimum atomic E-state index is -3.48. The Hall–Kier alpha value is -1.77. The number of sulfonamides is 1. The Morgan fingerprint density at radius 3 is 2.24 bits per heavy atom. The molecule has 1 aliphatic carbocycles. The van der Waals surface area contributed by atoms with Crippen LogP contribution in [0.15, 0.2) is 33.7 Å². The van der Waals surface area contributed by atoms with Crippen LogP contribution in [0.4, 0.5) is 0 Å². The Morgan fingerprint density at radius 1 is 1.07 bits per heavy atom. The van der Waals surface area contributed by atoms with E-state index in [2.05, 4.69) is 35.8 Å². The number of benzene rings is 1. The van der Waals surface area contributed by atoms with Crippen LogP contribution >= 0.6 is 0 Å². The molecule has 0 amide bonds. The van der Waals surface area contributed by atoms with E-state index in [0.29, 0.717) is 42.9 Å². The molecular weight excluding hydrogens is 388 g/mol. The molecule has 2 aromatic rings. The number of rotatable bonds is 5. The summed E-state index contributed by atoms with van der Waals surface area (Å²) in [6, 6.07) is 7.27. The van der Waals surface area contributed by atoms with Crippen LogP contribution in [0.1, 0.15) is 69.8 Å². The lowest BCUT2D eigenvalue weighted by Gasteiger charge is -2.36. The maximum atomic E-state index is 13.0. The van der Waals surface area contributed by atoms with E-state index in [1.165, 1.54) is 0 Å². The van der Waals surface area contributed by atoms with E-state index in [1.807, 2.05) is 19.1 Å². The van der Waals surface area contributed by atoms with Gasteiger partial charge in [-0.2, -0.15) is 9.29 Å². The van der Waals surface area contributed by atoms with Gasteiger partial charge in [0.2, 0.25) is 15.9 Å². The van der Waals surface area contributed by atoms with Crippen LogP contribution in [-0.4, -0.2) is 53.9 Å². The number of hydrogen-bond donors (Lipinski definition) is 0. The summed E-state index contributed by atoms with van der Waals surface area (Å²) >= 11 is 0. The summed E-state index contributed by atoms with van der Waals surface area (Å²) in [6.07, 6.45) is 2.28. The van der Waals surface area contributed by atoms with Crippen molar-refractivity contribution in [3.63, 3.8) is 0 Å². The van der Waals surface area contributed by atoms with E-state index in [9.17, 15) is 8.42 Å². The van der Waals surface area contributed by atoms with Gasteiger partial charge in [0.05, 0.1) is 10.9 Å². The van der Waals surface area contributed by atoms with E-state index in [0.717, 1.165) is 24.2 Å². The zero-order valence-corrected chi connectivity index (χ0v) is 18.4. The molecule has 1 aromatic heterocycles. The van der Waals surface area contributed by atoms with Crippen LogP contribution in [0.2, 0.25) is 0 Å². The second-order valence-corrected chi connectivity index (χ2v) is 11.1. The first kappa shape index (κ1) is 20.5. The van der Waals surface area contributed by atoms with Crippen molar-refractivity contribution in [3.05, 3.63) is 41.5 Å². The zero-order chi connectivity index (χ0) is 20.8. The molecule has 1 saturated carbocycles. The fraction of sp³-hybridized carbons (Fsp3) is 0.619. The summed E-state index contributed by atoms with van der Waals surface area (Å²) in [5.41, 5.74) is 1.12. The monoisotopic (exact) mass is 418 g/mol. The summed E-state index contributed by atoms with van der Waals surface area (Å²) in [5.74, 6) is 1.90. The van der Waals surface area contributed by atoms with Crippen molar-refractivity contribution in [2.24, 2.45) is 0 Å². The molecule has 0 spiro atoms. The Kier molecular flexibility index (Phi) is 5.29. The topological polar surface area (TPSA) is 79.5 Å². The van der Waals surface area contributed by atoms with Gasteiger partial charge in [-0.25, -0.2) is 8.42 Å². The van der Waals surface area contributed by atoms with Crippen molar-refractivity contribution >= 4 is 10.0 Å². The second kappa shape index (κ2) is 7.49. The van der Waals surface area contributed by atoms with Gasteiger partial charge in [-0.3, -0.25) is 4.90 Å². The molecule has 8 heteroatoms. The van der Waals surface area contributed by atoms with Gasteiger partial charge in [-0.1, -0.05) is 38.1 Å². The van der Waals surface area contributed by atoms with Gasteiger partial charge >= 0.3 is 0 Å². The highest BCUT2D eigenvalue weighted by molar-refractivity contribution is 7.89. The van der Waals surface area contributed by atoms with Gasteiger partial charge in [0, 0.05) is 32.1 Å². The van der Waals surface area contributed by atoms with E-state index < -0.39 is 10.0 Å². The molecule has 1 saturated heterocycles. The van der Waals surface area contributed by atoms with E-state index in [4.69, 9.17) is 4.52 Å². The van der Waals surface area contributed by atoms with Crippen LogP contribution in [0.3, 0.4) is 0 Å². The molecule has 2 fully saturated rings. The average molecular weight is 419 g/mol. The molecule has 1 aromatic carbocycles. The van der Waals surface area contributed by atoms with Crippen molar-refractivity contribution in [2.45, 2.75) is 62.8 Å². The summed E-state index contributed by atoms with van der Waals surface area (Å²) in [6.45, 7) is 10.6. The first-order chi connectivity index (χ1) is 13.7. The largest absolute Gasteiger partial charge is 0.338 e. The van der Waals surface area contributed by atoms with Gasteiger partial charge in [-0.15, -0.1) is 0 Å². The van der Waals surface area contributed by atoms with Crippen LogP contribution in [0, 0.1) is 0 Å². The van der Waals surface area contributed by atoms with E-state index >= 15 is 0 Å². The molecule has 7 nitrogen and oxygen atoms in total. The standard InChI is InChI=1S/C21H30N4O3S/c1-15(20-22-19(23-28-20)16-5-6-16)24-11-13-25(14-12-24)29(26,27)18-9-7-17(8-10-18)21(2,3)4/h7-10,15-16H,5-6,11-14H2,1-4H3. The van der Waals surface area contributed by atoms with Gasteiger partial charge < -0.3 is 4.52 Å². The molecule has 1 atom stereocenters. The van der Waals surface area contributed by atoms with Crippen LogP contribution < -0.4 is 0 Å². The van der Waals surface area contributed by atoms with E-state index in [1.54, 1.807) is 16.4 Å². The lowest BCUT2D eigenvalue weighted by molar-refractivity contribution is 0.124. The van der Waals surface area contributed by atoms with Crippen molar-refractivity contribution in [1.82, 2.24) is 19.3 Å². The van der Waals surface area contributed by atoms with Crippen molar-refractivity contribution in [3.8, 4) is 0 Å². The third-order valence-corrected chi connectivity index (χ3v) is 7.85. The van der Waals surface area contributed by atoms with Gasteiger partial charge in [-0.05, 0) is 42.9 Å². The fourth-order valence-corrected chi connectivity index (χ4v) is 5.11. The predicted octanol–water partition coefficient (Wildman–Crippen LogP) is 3.31. The van der Waals surface area contributed by atoms with Crippen LogP contribution in [-0.2, 0) is 15.4 Å². The van der Waals surface area contributed by atoms with Gasteiger partial charge in [0.25, 0.3) is 0 Å². The zero-order valence-electron chi connectivity index (χ0n) is 17.6. The SMILES string of the molecule is CC(c1nc(C2CC2)no1)N1CCN(S(=O)(=O)c2ccc(C(C)(C)C)cc2)CC1. The second-order valence-electron chi connectivity index (χ2n) is 9.16. The Balaban J connectivity index is 1.40. The van der Waals surface area contributed by atoms with E-state index in [-0.39, 0.29) is 11.5 Å². The molecule has 1 aliphatic heterocycles. The highest BCUT2D eigenvalue weighted by Crippen LogP contribution is 2.38. The number of nitrogens with zero attached hydrogens (tertiary/aromatic N) is 4. The first-order valence-corrected chi connectivity index (χ1v) is 11.8. The third kappa shape index (κ3) is 4.25. The smallest absolute Gasteiger partial charge is 0.243 e. The lowest BCUT2D eigenvalue weighted by atomic mass is 9.87. The van der Waals surface area contributed by atoms with Crippen molar-refractivity contribution in [1.29, 1.82) is 0 Å². The Morgan fingerprint density at radius 2 is 1.69 bits per heavy atom. The number of aromatic nitrogens is 2. The number of hydrogen-bond acceptors (Lipinski definition) is 6. The van der Waals surface area contributed by atoms with Crippen LogP contribution in [0.5, 0.6) is 0 Å². The Labute approximate surface area is 173 Å². The molecule has 29 heavy (non-hydrogen) atoms. The predicted molar refractivity (Wildman–Crippen MR) is 110 cm³/mol. The molecular formula is C21H30N4O3S. The molecule has 0 bridgehead atoms. The molecule has 4 rings (SSSR count). The minimum absolute atomic E-state index is 0.00181. The van der Waals surface area contributed by atoms with Gasteiger partial charge in [0.1, 0.15) is 0 Å².